The summed E-state index contributed by atoms with van der Waals surface area (Å²) in [7, 11) is 1.91. The van der Waals surface area contributed by atoms with Gasteiger partial charge in [-0.05, 0) is 31.7 Å². The molecule has 0 saturated heterocycles. The maximum atomic E-state index is 10.9. The molecule has 1 aromatic heterocycles. The summed E-state index contributed by atoms with van der Waals surface area (Å²) in [5.41, 5.74) is 3.33. The van der Waals surface area contributed by atoms with Crippen molar-refractivity contribution in [1.82, 2.24) is 9.78 Å². The summed E-state index contributed by atoms with van der Waals surface area (Å²) in [4.78, 5) is 10.9. The third-order valence-corrected chi connectivity index (χ3v) is 3.07. The highest BCUT2D eigenvalue weighted by Crippen LogP contribution is 2.27. The number of rotatable bonds is 1. The number of nitrogens with zero attached hydrogens (tertiary/aromatic N) is 2. The van der Waals surface area contributed by atoms with Gasteiger partial charge in [0.1, 0.15) is 0 Å². The molecule has 76 valence electrons. The lowest BCUT2D eigenvalue weighted by atomic mass is 9.87. The van der Waals surface area contributed by atoms with Crippen LogP contribution in [-0.4, -0.2) is 20.9 Å². The van der Waals surface area contributed by atoms with Gasteiger partial charge in [0.05, 0.1) is 11.6 Å². The Morgan fingerprint density at radius 3 is 3.00 bits per heavy atom. The molecule has 0 aromatic carbocycles. The molecule has 1 atom stereocenters. The standard InChI is InChI=1S/C10H14N2O2/c1-6-8-5-7(10(13)14)3-4-9(8)11-12(6)2/h7H,3-5H2,1-2H3,(H,13,14). The molecule has 1 N–H and O–H groups in total. The van der Waals surface area contributed by atoms with Crippen molar-refractivity contribution in [3.8, 4) is 0 Å². The lowest BCUT2D eigenvalue weighted by Crippen LogP contribution is -2.22. The van der Waals surface area contributed by atoms with Crippen molar-refractivity contribution in [3.63, 3.8) is 0 Å². The summed E-state index contributed by atoms with van der Waals surface area (Å²) in [5, 5.41) is 13.3. The number of aliphatic carboxylic acids is 1. The second kappa shape index (κ2) is 3.12. The van der Waals surface area contributed by atoms with Crippen molar-refractivity contribution in [2.24, 2.45) is 13.0 Å². The van der Waals surface area contributed by atoms with Crippen LogP contribution in [0.4, 0.5) is 0 Å². The van der Waals surface area contributed by atoms with E-state index in [1.807, 2.05) is 18.7 Å². The summed E-state index contributed by atoms with van der Waals surface area (Å²) in [6, 6.07) is 0. The second-order valence-corrected chi connectivity index (χ2v) is 3.91. The van der Waals surface area contributed by atoms with Crippen molar-refractivity contribution >= 4 is 5.97 Å². The first-order valence-corrected chi connectivity index (χ1v) is 4.83. The predicted octanol–water partition coefficient (Wildman–Crippen LogP) is 0.918. The minimum absolute atomic E-state index is 0.217. The first-order valence-electron chi connectivity index (χ1n) is 4.83. The Balaban J connectivity index is 2.33. The Morgan fingerprint density at radius 2 is 2.36 bits per heavy atom. The van der Waals surface area contributed by atoms with Crippen LogP contribution in [0.15, 0.2) is 0 Å². The SMILES string of the molecule is Cc1c2c(nn1C)CCC(C(=O)O)C2. The van der Waals surface area contributed by atoms with E-state index in [1.165, 1.54) is 0 Å². The number of aromatic nitrogens is 2. The van der Waals surface area contributed by atoms with Crippen molar-refractivity contribution < 1.29 is 9.90 Å². The van der Waals surface area contributed by atoms with Crippen LogP contribution in [0.1, 0.15) is 23.4 Å². The zero-order chi connectivity index (χ0) is 10.3. The molecule has 14 heavy (non-hydrogen) atoms. The molecule has 0 radical (unpaired) electrons. The topological polar surface area (TPSA) is 55.1 Å². The van der Waals surface area contributed by atoms with Crippen LogP contribution in [0.25, 0.3) is 0 Å². The predicted molar refractivity (Wildman–Crippen MR) is 51.1 cm³/mol. The van der Waals surface area contributed by atoms with E-state index in [-0.39, 0.29) is 5.92 Å². The Hall–Kier alpha value is -1.32. The summed E-state index contributed by atoms with van der Waals surface area (Å²) in [5.74, 6) is -0.899. The molecule has 4 heteroatoms. The number of fused-ring (bicyclic) bond motifs is 1. The van der Waals surface area contributed by atoms with Gasteiger partial charge in [0.25, 0.3) is 0 Å². The van der Waals surface area contributed by atoms with Gasteiger partial charge in [-0.15, -0.1) is 0 Å². The fourth-order valence-corrected chi connectivity index (χ4v) is 2.06. The van der Waals surface area contributed by atoms with E-state index in [1.54, 1.807) is 0 Å². The van der Waals surface area contributed by atoms with E-state index in [4.69, 9.17) is 5.11 Å². The van der Waals surface area contributed by atoms with Crippen molar-refractivity contribution in [1.29, 1.82) is 0 Å². The Labute approximate surface area is 82.5 Å². The number of carboxylic acid groups (broad SMARTS) is 1. The third kappa shape index (κ3) is 1.31. The van der Waals surface area contributed by atoms with Gasteiger partial charge in [0.15, 0.2) is 0 Å². The van der Waals surface area contributed by atoms with Gasteiger partial charge in [-0.1, -0.05) is 0 Å². The van der Waals surface area contributed by atoms with E-state index in [2.05, 4.69) is 5.10 Å². The van der Waals surface area contributed by atoms with Gasteiger partial charge in [0, 0.05) is 12.7 Å². The Bertz CT molecular complexity index is 382. The number of hydrogen-bond acceptors (Lipinski definition) is 2. The summed E-state index contributed by atoms with van der Waals surface area (Å²) < 4.78 is 1.84. The van der Waals surface area contributed by atoms with Gasteiger partial charge in [-0.3, -0.25) is 9.48 Å². The molecule has 1 aliphatic rings. The normalized spacial score (nSPS) is 20.6. The molecule has 0 fully saturated rings. The first kappa shape index (κ1) is 9.24. The molecule has 1 heterocycles. The van der Waals surface area contributed by atoms with Crippen LogP contribution in [0.3, 0.4) is 0 Å². The molecule has 0 bridgehead atoms. The highest BCUT2D eigenvalue weighted by Gasteiger charge is 2.27. The quantitative estimate of drug-likeness (QED) is 0.723. The Morgan fingerprint density at radius 1 is 1.64 bits per heavy atom. The van der Waals surface area contributed by atoms with Gasteiger partial charge in [-0.2, -0.15) is 5.10 Å². The minimum atomic E-state index is -0.682. The van der Waals surface area contributed by atoms with E-state index >= 15 is 0 Å². The first-order chi connectivity index (χ1) is 6.59. The molecule has 0 aliphatic heterocycles. The summed E-state index contributed by atoms with van der Waals surface area (Å²) in [6.45, 7) is 2.00. The number of carbonyl (C=O) groups is 1. The zero-order valence-corrected chi connectivity index (χ0v) is 8.45. The van der Waals surface area contributed by atoms with E-state index in [9.17, 15) is 4.79 Å². The van der Waals surface area contributed by atoms with Crippen LogP contribution in [0, 0.1) is 12.8 Å². The smallest absolute Gasteiger partial charge is 0.306 e. The van der Waals surface area contributed by atoms with Crippen molar-refractivity contribution in [2.45, 2.75) is 26.2 Å². The zero-order valence-electron chi connectivity index (χ0n) is 8.45. The number of hydrogen-bond donors (Lipinski definition) is 1. The van der Waals surface area contributed by atoms with Crippen LogP contribution >= 0.6 is 0 Å². The maximum absolute atomic E-state index is 10.9. The van der Waals surface area contributed by atoms with Crippen LogP contribution in [0.5, 0.6) is 0 Å². The average molecular weight is 194 g/mol. The van der Waals surface area contributed by atoms with Gasteiger partial charge in [0.2, 0.25) is 0 Å². The number of aryl methyl sites for hydroxylation is 2. The summed E-state index contributed by atoms with van der Waals surface area (Å²) >= 11 is 0. The molecule has 0 amide bonds. The van der Waals surface area contributed by atoms with Gasteiger partial charge >= 0.3 is 5.97 Å². The molecule has 4 nitrogen and oxygen atoms in total. The van der Waals surface area contributed by atoms with E-state index in [0.29, 0.717) is 6.42 Å². The Kier molecular flexibility index (Phi) is 2.06. The van der Waals surface area contributed by atoms with Gasteiger partial charge < -0.3 is 5.11 Å². The molecule has 1 aliphatic carbocycles. The lowest BCUT2D eigenvalue weighted by molar-refractivity contribution is -0.142. The lowest BCUT2D eigenvalue weighted by Gasteiger charge is -2.17. The molecular weight excluding hydrogens is 180 g/mol. The second-order valence-electron chi connectivity index (χ2n) is 3.91. The molecule has 0 spiro atoms. The maximum Gasteiger partial charge on any atom is 0.306 e. The molecule has 1 unspecified atom stereocenters. The minimum Gasteiger partial charge on any atom is -0.481 e. The highest BCUT2D eigenvalue weighted by molar-refractivity contribution is 5.71. The van der Waals surface area contributed by atoms with E-state index < -0.39 is 5.97 Å². The number of carboxylic acids is 1. The average Bonchev–Trinajstić information content (AvgIpc) is 2.43. The van der Waals surface area contributed by atoms with Crippen LogP contribution in [-0.2, 0) is 24.7 Å². The van der Waals surface area contributed by atoms with Crippen LogP contribution in [0.2, 0.25) is 0 Å². The van der Waals surface area contributed by atoms with Crippen molar-refractivity contribution in [3.05, 3.63) is 17.0 Å². The molecule has 1 aromatic rings. The molecule has 2 rings (SSSR count). The van der Waals surface area contributed by atoms with Crippen LogP contribution < -0.4 is 0 Å². The fourth-order valence-electron chi connectivity index (χ4n) is 2.06. The highest BCUT2D eigenvalue weighted by atomic mass is 16.4. The summed E-state index contributed by atoms with van der Waals surface area (Å²) in [6.07, 6.45) is 2.16. The molecular formula is C10H14N2O2. The molecule has 0 saturated carbocycles. The van der Waals surface area contributed by atoms with E-state index in [0.717, 1.165) is 29.8 Å². The monoisotopic (exact) mass is 194 g/mol. The van der Waals surface area contributed by atoms with Crippen molar-refractivity contribution in [2.75, 3.05) is 0 Å². The third-order valence-electron chi connectivity index (χ3n) is 3.07. The fraction of sp³-hybridized carbons (Fsp3) is 0.600. The van der Waals surface area contributed by atoms with Gasteiger partial charge in [-0.25, -0.2) is 0 Å². The largest absolute Gasteiger partial charge is 0.481 e.